The summed E-state index contributed by atoms with van der Waals surface area (Å²) in [6, 6.07) is 5.60. The van der Waals surface area contributed by atoms with E-state index in [-0.39, 0.29) is 0 Å². The third-order valence-electron chi connectivity index (χ3n) is 1.37. The molecular formula is C10H7Br2Cl. The monoisotopic (exact) mass is 320 g/mol. The van der Waals surface area contributed by atoms with E-state index in [1.165, 1.54) is 0 Å². The van der Waals surface area contributed by atoms with Crippen LogP contribution in [0.1, 0.15) is 12.0 Å². The van der Waals surface area contributed by atoms with Gasteiger partial charge < -0.3 is 0 Å². The van der Waals surface area contributed by atoms with E-state index < -0.39 is 0 Å². The fourth-order valence-electron chi connectivity index (χ4n) is 0.796. The molecule has 0 spiro atoms. The van der Waals surface area contributed by atoms with Gasteiger partial charge in [0.25, 0.3) is 0 Å². The predicted molar refractivity (Wildman–Crippen MR) is 64.4 cm³/mol. The largest absolute Gasteiger partial charge is 0.0970 e. The number of hydrogen-bond acceptors (Lipinski definition) is 0. The van der Waals surface area contributed by atoms with Crippen LogP contribution in [0.4, 0.5) is 0 Å². The molecule has 1 rings (SSSR count). The molecule has 1 aromatic rings. The Hall–Kier alpha value is 0.0300. The minimum atomic E-state index is 0.720. The zero-order chi connectivity index (χ0) is 9.68. The fraction of sp³-hybridized carbons (Fsp3) is 0.200. The molecule has 0 N–H and O–H groups in total. The molecule has 3 heteroatoms. The maximum atomic E-state index is 5.79. The van der Waals surface area contributed by atoms with Gasteiger partial charge in [0, 0.05) is 26.8 Å². The molecule has 0 aliphatic rings. The van der Waals surface area contributed by atoms with Gasteiger partial charge in [-0.25, -0.2) is 0 Å². The molecule has 0 saturated carbocycles. The van der Waals surface area contributed by atoms with Crippen molar-refractivity contribution in [2.45, 2.75) is 6.42 Å². The number of alkyl halides is 1. The molecule has 0 amide bonds. The third kappa shape index (κ3) is 3.72. The summed E-state index contributed by atoms with van der Waals surface area (Å²) in [6.45, 7) is 0. The van der Waals surface area contributed by atoms with E-state index in [2.05, 4.69) is 43.7 Å². The van der Waals surface area contributed by atoms with Crippen molar-refractivity contribution in [2.24, 2.45) is 0 Å². The second-order valence-electron chi connectivity index (χ2n) is 2.36. The van der Waals surface area contributed by atoms with Crippen LogP contribution in [0.2, 0.25) is 5.02 Å². The van der Waals surface area contributed by atoms with E-state index in [1.54, 1.807) is 0 Å². The fourth-order valence-corrected chi connectivity index (χ4v) is 1.78. The van der Waals surface area contributed by atoms with E-state index in [0.717, 1.165) is 26.8 Å². The molecule has 0 unspecified atom stereocenters. The third-order valence-corrected chi connectivity index (χ3v) is 2.66. The Morgan fingerprint density at radius 1 is 1.38 bits per heavy atom. The maximum Gasteiger partial charge on any atom is 0.0418 e. The van der Waals surface area contributed by atoms with Crippen molar-refractivity contribution in [3.63, 3.8) is 0 Å². The normalized spacial score (nSPS) is 9.15. The Morgan fingerprint density at radius 2 is 2.15 bits per heavy atom. The van der Waals surface area contributed by atoms with Crippen molar-refractivity contribution in [3.8, 4) is 11.8 Å². The van der Waals surface area contributed by atoms with Crippen LogP contribution in [0.5, 0.6) is 0 Å². The van der Waals surface area contributed by atoms with Gasteiger partial charge in [0.05, 0.1) is 0 Å². The van der Waals surface area contributed by atoms with Crippen LogP contribution in [0, 0.1) is 11.8 Å². The summed E-state index contributed by atoms with van der Waals surface area (Å²) >= 11 is 12.5. The molecule has 0 heterocycles. The van der Waals surface area contributed by atoms with Crippen LogP contribution in [0.25, 0.3) is 0 Å². The Balaban J connectivity index is 2.85. The smallest absolute Gasteiger partial charge is 0.0418 e. The molecule has 0 saturated heterocycles. The van der Waals surface area contributed by atoms with Gasteiger partial charge >= 0.3 is 0 Å². The molecule has 0 nitrogen and oxygen atoms in total. The van der Waals surface area contributed by atoms with Crippen LogP contribution in [-0.2, 0) is 0 Å². The Kier molecular flexibility index (Phi) is 4.87. The number of benzene rings is 1. The maximum absolute atomic E-state index is 5.79. The van der Waals surface area contributed by atoms with Gasteiger partial charge in [-0.15, -0.1) is 0 Å². The van der Waals surface area contributed by atoms with Gasteiger partial charge in [-0.3, -0.25) is 0 Å². The number of rotatable bonds is 1. The van der Waals surface area contributed by atoms with Gasteiger partial charge in [-0.2, -0.15) is 0 Å². The molecular weight excluding hydrogens is 315 g/mol. The highest BCUT2D eigenvalue weighted by Gasteiger charge is 1.95. The van der Waals surface area contributed by atoms with Gasteiger partial charge in [0.1, 0.15) is 0 Å². The van der Waals surface area contributed by atoms with Crippen molar-refractivity contribution in [3.05, 3.63) is 33.3 Å². The minimum absolute atomic E-state index is 0.720. The zero-order valence-electron chi connectivity index (χ0n) is 6.78. The molecule has 13 heavy (non-hydrogen) atoms. The predicted octanol–water partition coefficient (Wildman–Crippen LogP) is 4.24. The summed E-state index contributed by atoms with van der Waals surface area (Å²) < 4.78 is 0.946. The second-order valence-corrected chi connectivity index (χ2v) is 4.45. The van der Waals surface area contributed by atoms with Gasteiger partial charge in [0.2, 0.25) is 0 Å². The van der Waals surface area contributed by atoms with E-state index in [4.69, 9.17) is 11.6 Å². The molecule has 68 valence electrons. The van der Waals surface area contributed by atoms with Gasteiger partial charge in [-0.1, -0.05) is 39.4 Å². The highest BCUT2D eigenvalue weighted by molar-refractivity contribution is 9.10. The molecule has 0 aromatic heterocycles. The first-order chi connectivity index (χ1) is 6.24. The molecule has 1 aromatic carbocycles. The Bertz CT molecular complexity index is 350. The lowest BCUT2D eigenvalue weighted by Gasteiger charge is -1.95. The van der Waals surface area contributed by atoms with Crippen molar-refractivity contribution in [1.29, 1.82) is 0 Å². The SMILES string of the molecule is Clc1ccc(C#CCCBr)c(Br)c1. The highest BCUT2D eigenvalue weighted by atomic mass is 79.9. The Labute approximate surface area is 99.9 Å². The molecule has 0 radical (unpaired) electrons. The van der Waals surface area contributed by atoms with E-state index in [1.807, 2.05) is 18.2 Å². The highest BCUT2D eigenvalue weighted by Crippen LogP contribution is 2.20. The van der Waals surface area contributed by atoms with Crippen molar-refractivity contribution in [1.82, 2.24) is 0 Å². The van der Waals surface area contributed by atoms with Crippen LogP contribution < -0.4 is 0 Å². The van der Waals surface area contributed by atoms with Crippen LogP contribution in [0.3, 0.4) is 0 Å². The first-order valence-electron chi connectivity index (χ1n) is 3.74. The summed E-state index contributed by atoms with van der Waals surface area (Å²) in [5, 5.41) is 1.63. The lowest BCUT2D eigenvalue weighted by molar-refractivity contribution is 1.32. The lowest BCUT2D eigenvalue weighted by atomic mass is 10.2. The molecule has 0 fully saturated rings. The zero-order valence-corrected chi connectivity index (χ0v) is 10.7. The quantitative estimate of drug-likeness (QED) is 0.536. The number of halogens is 3. The minimum Gasteiger partial charge on any atom is -0.0970 e. The molecule has 0 aliphatic heterocycles. The topological polar surface area (TPSA) is 0 Å². The molecule has 0 aliphatic carbocycles. The first kappa shape index (κ1) is 11.1. The van der Waals surface area contributed by atoms with E-state index >= 15 is 0 Å². The van der Waals surface area contributed by atoms with E-state index in [9.17, 15) is 0 Å². The van der Waals surface area contributed by atoms with Crippen LogP contribution >= 0.6 is 43.5 Å². The standard InChI is InChI=1S/C10H7Br2Cl/c11-6-2-1-3-8-4-5-9(13)7-10(8)12/h4-5,7H,2,6H2. The van der Waals surface area contributed by atoms with Gasteiger partial charge in [0.15, 0.2) is 0 Å². The lowest BCUT2D eigenvalue weighted by Crippen LogP contribution is -1.77. The van der Waals surface area contributed by atoms with E-state index in [0.29, 0.717) is 0 Å². The first-order valence-corrected chi connectivity index (χ1v) is 6.03. The summed E-state index contributed by atoms with van der Waals surface area (Å²) in [5.41, 5.74) is 0.977. The average Bonchev–Trinajstić information content (AvgIpc) is 2.09. The summed E-state index contributed by atoms with van der Waals surface area (Å²) in [5.74, 6) is 6.10. The van der Waals surface area contributed by atoms with Crippen molar-refractivity contribution in [2.75, 3.05) is 5.33 Å². The molecule has 0 bridgehead atoms. The van der Waals surface area contributed by atoms with Crippen molar-refractivity contribution >= 4 is 43.5 Å². The molecule has 0 atom stereocenters. The van der Waals surface area contributed by atoms with Crippen LogP contribution in [-0.4, -0.2) is 5.33 Å². The number of hydrogen-bond donors (Lipinski definition) is 0. The summed E-state index contributed by atoms with van der Waals surface area (Å²) in [7, 11) is 0. The van der Waals surface area contributed by atoms with Crippen molar-refractivity contribution < 1.29 is 0 Å². The second kappa shape index (κ2) is 5.70. The van der Waals surface area contributed by atoms with Gasteiger partial charge in [-0.05, 0) is 34.1 Å². The summed E-state index contributed by atoms with van der Waals surface area (Å²) in [6.07, 6.45) is 0.856. The van der Waals surface area contributed by atoms with Crippen LogP contribution in [0.15, 0.2) is 22.7 Å². The Morgan fingerprint density at radius 3 is 2.77 bits per heavy atom. The summed E-state index contributed by atoms with van der Waals surface area (Å²) in [4.78, 5) is 0. The average molecular weight is 322 g/mol.